The minimum atomic E-state index is 0.782. The molecule has 0 radical (unpaired) electrons. The van der Waals surface area contributed by atoms with Crippen molar-refractivity contribution in [1.29, 1.82) is 0 Å². The maximum atomic E-state index is 5.76. The quantitative estimate of drug-likeness (QED) is 0.598. The molecule has 2 N–H and O–H groups in total. The Kier molecular flexibility index (Phi) is 3.82. The van der Waals surface area contributed by atoms with Crippen LogP contribution in [-0.4, -0.2) is 0 Å². The van der Waals surface area contributed by atoms with Crippen LogP contribution in [0.5, 0.6) is 0 Å². The molecule has 0 bridgehead atoms. The van der Waals surface area contributed by atoms with Crippen molar-refractivity contribution in [2.24, 2.45) is 0 Å². The summed E-state index contributed by atoms with van der Waals surface area (Å²) in [6.07, 6.45) is 6.35. The average molecular weight is 285 g/mol. The molecule has 0 spiro atoms. The second kappa shape index (κ2) is 5.93. The third-order valence-corrected chi connectivity index (χ3v) is 3.88. The third-order valence-electron chi connectivity index (χ3n) is 3.88. The van der Waals surface area contributed by atoms with E-state index in [-0.39, 0.29) is 0 Å². The van der Waals surface area contributed by atoms with E-state index in [1.54, 1.807) is 0 Å². The van der Waals surface area contributed by atoms with Gasteiger partial charge in [0.25, 0.3) is 0 Å². The number of anilines is 1. The van der Waals surface area contributed by atoms with Crippen LogP contribution in [0.1, 0.15) is 23.6 Å². The first-order valence-electron chi connectivity index (χ1n) is 7.42. The van der Waals surface area contributed by atoms with Crippen molar-refractivity contribution in [1.82, 2.24) is 0 Å². The molecule has 22 heavy (non-hydrogen) atoms. The standard InChI is InChI=1S/C21H19N/c1-15-3-6-19(7-4-15)21-14-11-17(8-5-16(21)2)18-9-12-20(22)13-10-18/h3-4,6-14H,22H2,1-2H3. The van der Waals surface area contributed by atoms with E-state index in [2.05, 4.69) is 56.0 Å². The molecule has 1 heteroatoms. The summed E-state index contributed by atoms with van der Waals surface area (Å²) in [4.78, 5) is 0. The van der Waals surface area contributed by atoms with Gasteiger partial charge in [0.05, 0.1) is 0 Å². The predicted molar refractivity (Wildman–Crippen MR) is 95.3 cm³/mol. The first kappa shape index (κ1) is 14.2. The molecule has 1 aliphatic carbocycles. The SMILES string of the molecule is CC1=C=CC(c2ccc(N)cc2)=CC=C1c1ccc(C)cc1. The summed E-state index contributed by atoms with van der Waals surface area (Å²) in [5.41, 5.74) is 17.1. The molecule has 108 valence electrons. The largest absolute Gasteiger partial charge is 0.399 e. The van der Waals surface area contributed by atoms with Crippen LogP contribution in [-0.2, 0) is 0 Å². The van der Waals surface area contributed by atoms with Gasteiger partial charge in [-0.3, -0.25) is 0 Å². The molecule has 0 aliphatic heterocycles. The van der Waals surface area contributed by atoms with Gasteiger partial charge in [-0.1, -0.05) is 54.1 Å². The number of allylic oxidation sites excluding steroid dienone is 5. The van der Waals surface area contributed by atoms with Gasteiger partial charge in [-0.05, 0) is 59.9 Å². The van der Waals surface area contributed by atoms with Crippen molar-refractivity contribution in [2.45, 2.75) is 13.8 Å². The molecule has 1 aliphatic rings. The first-order chi connectivity index (χ1) is 10.6. The van der Waals surface area contributed by atoms with E-state index < -0.39 is 0 Å². The Morgan fingerprint density at radius 1 is 0.773 bits per heavy atom. The van der Waals surface area contributed by atoms with Gasteiger partial charge in [0.2, 0.25) is 0 Å². The lowest BCUT2D eigenvalue weighted by Gasteiger charge is -2.06. The molecule has 0 fully saturated rings. The van der Waals surface area contributed by atoms with Gasteiger partial charge in [-0.15, -0.1) is 5.73 Å². The summed E-state index contributed by atoms with van der Waals surface area (Å²) < 4.78 is 0. The van der Waals surface area contributed by atoms with Crippen molar-refractivity contribution in [2.75, 3.05) is 5.73 Å². The average Bonchev–Trinajstić information content (AvgIpc) is 2.71. The van der Waals surface area contributed by atoms with Gasteiger partial charge >= 0.3 is 0 Å². The Morgan fingerprint density at radius 2 is 1.41 bits per heavy atom. The summed E-state index contributed by atoms with van der Waals surface area (Å²) in [5.74, 6) is 0. The Labute approximate surface area is 131 Å². The number of nitrogen functional groups attached to an aromatic ring is 1. The Morgan fingerprint density at radius 3 is 2.09 bits per heavy atom. The van der Waals surface area contributed by atoms with Crippen LogP contribution in [0.2, 0.25) is 0 Å². The van der Waals surface area contributed by atoms with Crippen molar-refractivity contribution in [3.63, 3.8) is 0 Å². The van der Waals surface area contributed by atoms with Crippen LogP contribution in [0.3, 0.4) is 0 Å². The molecule has 0 unspecified atom stereocenters. The highest BCUT2D eigenvalue weighted by Crippen LogP contribution is 2.27. The van der Waals surface area contributed by atoms with Crippen LogP contribution in [0.25, 0.3) is 11.1 Å². The maximum absolute atomic E-state index is 5.76. The molecule has 1 nitrogen and oxygen atoms in total. The van der Waals surface area contributed by atoms with Gasteiger partial charge in [0.15, 0.2) is 0 Å². The minimum absolute atomic E-state index is 0.782. The van der Waals surface area contributed by atoms with Crippen LogP contribution < -0.4 is 5.73 Å². The van der Waals surface area contributed by atoms with Gasteiger partial charge in [0.1, 0.15) is 0 Å². The van der Waals surface area contributed by atoms with Crippen molar-refractivity contribution in [3.8, 4) is 0 Å². The molecular weight excluding hydrogens is 266 g/mol. The van der Waals surface area contributed by atoms with Gasteiger partial charge in [-0.2, -0.15) is 0 Å². The fourth-order valence-electron chi connectivity index (χ4n) is 2.51. The normalized spacial score (nSPS) is 14.0. The lowest BCUT2D eigenvalue weighted by molar-refractivity contribution is 1.43. The van der Waals surface area contributed by atoms with Crippen LogP contribution in [0, 0.1) is 6.92 Å². The van der Waals surface area contributed by atoms with Gasteiger partial charge < -0.3 is 5.73 Å². The van der Waals surface area contributed by atoms with E-state index in [0.717, 1.165) is 22.4 Å². The molecule has 2 aromatic carbocycles. The summed E-state index contributed by atoms with van der Waals surface area (Å²) in [5, 5.41) is 0. The van der Waals surface area contributed by atoms with Crippen molar-refractivity contribution in [3.05, 3.63) is 94.8 Å². The second-order valence-corrected chi connectivity index (χ2v) is 5.60. The second-order valence-electron chi connectivity index (χ2n) is 5.60. The van der Waals surface area contributed by atoms with E-state index in [1.165, 1.54) is 16.7 Å². The summed E-state index contributed by atoms with van der Waals surface area (Å²) in [6, 6.07) is 16.5. The fourth-order valence-corrected chi connectivity index (χ4v) is 2.51. The predicted octanol–water partition coefficient (Wildman–Crippen LogP) is 5.16. The van der Waals surface area contributed by atoms with E-state index in [1.807, 2.05) is 30.3 Å². The molecule has 3 rings (SSSR count). The zero-order valence-corrected chi connectivity index (χ0v) is 12.9. The Hall–Kier alpha value is -2.76. The van der Waals surface area contributed by atoms with E-state index in [0.29, 0.717) is 0 Å². The van der Waals surface area contributed by atoms with E-state index in [9.17, 15) is 0 Å². The Bertz CT molecular complexity index is 809. The minimum Gasteiger partial charge on any atom is -0.399 e. The fraction of sp³-hybridized carbons (Fsp3) is 0.0952. The zero-order valence-electron chi connectivity index (χ0n) is 12.9. The number of benzene rings is 2. The highest BCUT2D eigenvalue weighted by molar-refractivity contribution is 5.86. The molecule has 0 saturated heterocycles. The molecule has 0 saturated carbocycles. The lowest BCUT2D eigenvalue weighted by Crippen LogP contribution is -1.86. The molecule has 0 atom stereocenters. The maximum Gasteiger partial charge on any atom is 0.0314 e. The highest BCUT2D eigenvalue weighted by atomic mass is 14.5. The zero-order chi connectivity index (χ0) is 15.5. The number of nitrogens with two attached hydrogens (primary N) is 1. The summed E-state index contributed by atoms with van der Waals surface area (Å²) in [6.45, 7) is 4.20. The summed E-state index contributed by atoms with van der Waals surface area (Å²) in [7, 11) is 0. The van der Waals surface area contributed by atoms with E-state index in [4.69, 9.17) is 5.73 Å². The third kappa shape index (κ3) is 2.95. The Balaban J connectivity index is 2.02. The monoisotopic (exact) mass is 285 g/mol. The number of rotatable bonds is 2. The molecule has 0 heterocycles. The number of hydrogen-bond acceptors (Lipinski definition) is 1. The molecular formula is C21H19N. The molecule has 0 aromatic heterocycles. The van der Waals surface area contributed by atoms with Crippen LogP contribution >= 0.6 is 0 Å². The number of aryl methyl sites for hydroxylation is 1. The topological polar surface area (TPSA) is 26.0 Å². The summed E-state index contributed by atoms with van der Waals surface area (Å²) >= 11 is 0. The van der Waals surface area contributed by atoms with E-state index >= 15 is 0 Å². The van der Waals surface area contributed by atoms with Crippen molar-refractivity contribution < 1.29 is 0 Å². The van der Waals surface area contributed by atoms with Crippen LogP contribution in [0.4, 0.5) is 5.69 Å². The van der Waals surface area contributed by atoms with Gasteiger partial charge in [0, 0.05) is 5.69 Å². The molecule has 0 amide bonds. The number of hydrogen-bond donors (Lipinski definition) is 1. The smallest absolute Gasteiger partial charge is 0.0314 e. The van der Waals surface area contributed by atoms with Gasteiger partial charge in [-0.25, -0.2) is 0 Å². The van der Waals surface area contributed by atoms with Crippen LogP contribution in [0.15, 0.2) is 78.1 Å². The highest BCUT2D eigenvalue weighted by Gasteiger charge is 2.06. The molecule has 2 aromatic rings. The first-order valence-corrected chi connectivity index (χ1v) is 7.42. The van der Waals surface area contributed by atoms with Crippen molar-refractivity contribution >= 4 is 16.8 Å². The lowest BCUT2D eigenvalue weighted by atomic mass is 9.98.